The second-order valence-corrected chi connectivity index (χ2v) is 11.0. The van der Waals surface area contributed by atoms with E-state index in [2.05, 4.69) is 37.1 Å². The van der Waals surface area contributed by atoms with E-state index in [4.69, 9.17) is 22.1 Å². The van der Waals surface area contributed by atoms with Crippen LogP contribution in [0.25, 0.3) is 0 Å². The number of nitrogens with zero attached hydrogens (tertiary/aromatic N) is 2. The van der Waals surface area contributed by atoms with Gasteiger partial charge in [-0.15, -0.1) is 11.6 Å². The molecular weight excluding hydrogens is 500 g/mol. The molecule has 1 aromatic heterocycles. The molecule has 0 aliphatic heterocycles. The summed E-state index contributed by atoms with van der Waals surface area (Å²) < 4.78 is 6.19. The van der Waals surface area contributed by atoms with Gasteiger partial charge in [0.2, 0.25) is 5.91 Å². The molecule has 1 aliphatic carbocycles. The first-order valence-electron chi connectivity index (χ1n) is 12.9. The average molecular weight is 535 g/mol. The number of carbonyl (C=O) groups is 2. The third kappa shape index (κ3) is 6.64. The maximum absolute atomic E-state index is 13.3. The van der Waals surface area contributed by atoms with Crippen LogP contribution in [-0.2, 0) is 23.1 Å². The minimum Gasteiger partial charge on any atom is -0.457 e. The molecule has 0 saturated heterocycles. The van der Waals surface area contributed by atoms with E-state index < -0.39 is 0 Å². The maximum atomic E-state index is 13.3. The number of fused-ring (bicyclic) bond motifs is 1. The number of aromatic nitrogens is 1. The third-order valence-electron chi connectivity index (χ3n) is 6.75. The van der Waals surface area contributed by atoms with Crippen LogP contribution in [0.15, 0.2) is 60.8 Å². The average Bonchev–Trinajstić information content (AvgIpc) is 2.88. The molecule has 2 aromatic carbocycles. The number of primary amides is 1. The summed E-state index contributed by atoms with van der Waals surface area (Å²) in [6, 6.07) is 17.0. The van der Waals surface area contributed by atoms with Gasteiger partial charge in [0.25, 0.3) is 0 Å². The summed E-state index contributed by atoms with van der Waals surface area (Å²) in [5.41, 5.74) is 9.56. The van der Waals surface area contributed by atoms with Crippen LogP contribution in [0.4, 0.5) is 16.3 Å². The number of pyridine rings is 1. The van der Waals surface area contributed by atoms with Crippen molar-refractivity contribution in [3.63, 3.8) is 0 Å². The number of carbonyl (C=O) groups excluding carboxylic acids is 2. The zero-order chi connectivity index (χ0) is 27.3. The molecule has 0 spiro atoms. The monoisotopic (exact) mass is 534 g/mol. The number of nitrogens with two attached hydrogens (primary N) is 1. The lowest BCUT2D eigenvalue weighted by atomic mass is 9.83. The summed E-state index contributed by atoms with van der Waals surface area (Å²) in [5.74, 6) is 1.67. The molecule has 3 aromatic rings. The van der Waals surface area contributed by atoms with Crippen LogP contribution in [0.3, 0.4) is 0 Å². The predicted molar refractivity (Wildman–Crippen MR) is 151 cm³/mol. The van der Waals surface area contributed by atoms with E-state index >= 15 is 0 Å². The lowest BCUT2D eigenvalue weighted by molar-refractivity contribution is -0.122. The lowest BCUT2D eigenvalue weighted by Crippen LogP contribution is -2.38. The van der Waals surface area contributed by atoms with Gasteiger partial charge in [-0.2, -0.15) is 0 Å². The highest BCUT2D eigenvalue weighted by atomic mass is 35.5. The van der Waals surface area contributed by atoms with Crippen LogP contribution < -0.4 is 20.7 Å². The number of urea groups is 1. The van der Waals surface area contributed by atoms with Gasteiger partial charge in [0, 0.05) is 30.6 Å². The van der Waals surface area contributed by atoms with Crippen LogP contribution in [0.1, 0.15) is 50.3 Å². The number of ether oxygens (including phenoxy) is 1. The Labute approximate surface area is 229 Å². The molecule has 0 radical (unpaired) electrons. The minimum atomic E-state index is -0.294. The van der Waals surface area contributed by atoms with Gasteiger partial charge in [0.05, 0.1) is 5.69 Å². The second-order valence-electron chi connectivity index (χ2n) is 10.6. The highest BCUT2D eigenvalue weighted by molar-refractivity contribution is 6.17. The first-order valence-corrected chi connectivity index (χ1v) is 13.5. The Morgan fingerprint density at radius 3 is 2.63 bits per heavy atom. The normalized spacial score (nSPS) is 14.9. The van der Waals surface area contributed by atoms with E-state index in [9.17, 15) is 9.59 Å². The number of hydrogen-bond acceptors (Lipinski definition) is 4. The zero-order valence-electron chi connectivity index (χ0n) is 22.2. The van der Waals surface area contributed by atoms with E-state index in [1.54, 1.807) is 23.2 Å². The Morgan fingerprint density at radius 1 is 1.11 bits per heavy atom. The Morgan fingerprint density at radius 2 is 1.89 bits per heavy atom. The molecule has 3 amide bonds. The molecule has 1 heterocycles. The van der Waals surface area contributed by atoms with Gasteiger partial charge in [-0.25, -0.2) is 14.7 Å². The van der Waals surface area contributed by atoms with Crippen LogP contribution in [0.5, 0.6) is 11.5 Å². The van der Waals surface area contributed by atoms with Gasteiger partial charge in [0.1, 0.15) is 17.3 Å². The van der Waals surface area contributed by atoms with Crippen molar-refractivity contribution in [2.75, 3.05) is 17.3 Å². The number of nitrogens with one attached hydrogen (secondary N) is 1. The van der Waals surface area contributed by atoms with Crippen LogP contribution in [0, 0.1) is 5.92 Å². The molecule has 1 unspecified atom stereocenters. The van der Waals surface area contributed by atoms with Gasteiger partial charge < -0.3 is 15.8 Å². The molecule has 38 heavy (non-hydrogen) atoms. The van der Waals surface area contributed by atoms with Crippen LogP contribution in [-0.4, -0.2) is 29.3 Å². The van der Waals surface area contributed by atoms with Crippen molar-refractivity contribution in [1.29, 1.82) is 0 Å². The van der Waals surface area contributed by atoms with E-state index in [-0.39, 0.29) is 23.3 Å². The largest absolute Gasteiger partial charge is 0.457 e. The van der Waals surface area contributed by atoms with Crippen LogP contribution >= 0.6 is 11.6 Å². The van der Waals surface area contributed by atoms with Crippen molar-refractivity contribution >= 4 is 35.0 Å². The van der Waals surface area contributed by atoms with Gasteiger partial charge in [-0.05, 0) is 78.1 Å². The number of alkyl halides is 1. The number of amides is 3. The summed E-state index contributed by atoms with van der Waals surface area (Å²) in [4.78, 5) is 31.1. The predicted octanol–water partition coefficient (Wildman–Crippen LogP) is 6.24. The van der Waals surface area contributed by atoms with Crippen molar-refractivity contribution < 1.29 is 14.3 Å². The molecule has 0 bridgehead atoms. The number of halogens is 1. The molecule has 3 N–H and O–H groups in total. The Hall–Kier alpha value is -3.58. The molecule has 4 rings (SSSR count). The first-order chi connectivity index (χ1) is 18.2. The van der Waals surface area contributed by atoms with Gasteiger partial charge >= 0.3 is 6.03 Å². The topological polar surface area (TPSA) is 97.5 Å². The van der Waals surface area contributed by atoms with E-state index in [1.807, 2.05) is 36.4 Å². The molecule has 0 saturated carbocycles. The van der Waals surface area contributed by atoms with E-state index in [0.29, 0.717) is 48.3 Å². The number of aryl methyl sites for hydroxylation is 1. The lowest BCUT2D eigenvalue weighted by Gasteiger charge is -2.26. The van der Waals surface area contributed by atoms with Crippen molar-refractivity contribution in [2.24, 2.45) is 11.7 Å². The summed E-state index contributed by atoms with van der Waals surface area (Å²) in [6.07, 6.45) is 4.50. The molecule has 8 heteroatoms. The number of rotatable bonds is 8. The zero-order valence-corrected chi connectivity index (χ0v) is 22.9. The standard InChI is InChI=1S/C30H35ClN4O3/c1-30(2,3)23-6-4-7-24(18-23)35(29(37)34-14-5-13-31)27-19-26(12-15-33-27)38-25-11-10-20-8-9-21(28(32)36)16-22(20)17-25/h4,6-7,10-12,15,17-19,21H,5,8-9,13-14,16H2,1-3H3,(H2,32,36)(H,34,37). The quantitative estimate of drug-likeness (QED) is 0.264. The minimum absolute atomic E-state index is 0.0882. The molecule has 1 atom stereocenters. The third-order valence-corrected chi connectivity index (χ3v) is 7.02. The summed E-state index contributed by atoms with van der Waals surface area (Å²) in [6.45, 7) is 6.85. The summed E-state index contributed by atoms with van der Waals surface area (Å²) in [5, 5.41) is 2.94. The molecular formula is C30H35ClN4O3. The smallest absolute Gasteiger partial charge is 0.327 e. The number of hydrogen-bond donors (Lipinski definition) is 2. The Balaban J connectivity index is 1.63. The van der Waals surface area contributed by atoms with Crippen molar-refractivity contribution in [3.05, 3.63) is 77.5 Å². The fraction of sp³-hybridized carbons (Fsp3) is 0.367. The maximum Gasteiger partial charge on any atom is 0.327 e. The van der Waals surface area contributed by atoms with E-state index in [0.717, 1.165) is 24.0 Å². The Bertz CT molecular complexity index is 1300. The summed E-state index contributed by atoms with van der Waals surface area (Å²) in [7, 11) is 0. The van der Waals surface area contributed by atoms with E-state index in [1.165, 1.54) is 5.56 Å². The Kier molecular flexibility index (Phi) is 8.57. The van der Waals surface area contributed by atoms with Crippen LogP contribution in [0.2, 0.25) is 0 Å². The highest BCUT2D eigenvalue weighted by Gasteiger charge is 2.24. The van der Waals surface area contributed by atoms with Gasteiger partial charge in [-0.3, -0.25) is 4.79 Å². The molecule has 1 aliphatic rings. The molecule has 7 nitrogen and oxygen atoms in total. The summed E-state index contributed by atoms with van der Waals surface area (Å²) >= 11 is 5.82. The fourth-order valence-electron chi connectivity index (χ4n) is 4.57. The van der Waals surface area contributed by atoms with Gasteiger partial charge in [-0.1, -0.05) is 39.0 Å². The SMILES string of the molecule is CC(C)(C)c1cccc(N(C(=O)NCCCCl)c2cc(Oc3ccc4c(c3)CC(C(N)=O)CC4)ccn2)c1. The molecule has 200 valence electrons. The fourth-order valence-corrected chi connectivity index (χ4v) is 4.70. The number of anilines is 2. The first kappa shape index (κ1) is 27.5. The number of benzene rings is 2. The highest BCUT2D eigenvalue weighted by Crippen LogP contribution is 2.34. The molecule has 0 fully saturated rings. The van der Waals surface area contributed by atoms with Crippen molar-refractivity contribution in [2.45, 2.75) is 51.9 Å². The second kappa shape index (κ2) is 11.9. The van der Waals surface area contributed by atoms with Crippen molar-refractivity contribution in [1.82, 2.24) is 10.3 Å². The van der Waals surface area contributed by atoms with Gasteiger partial charge in [0.15, 0.2) is 0 Å². The van der Waals surface area contributed by atoms with Crippen molar-refractivity contribution in [3.8, 4) is 11.5 Å².